The molecule has 0 aliphatic heterocycles. The molecule has 2 aromatic rings. The minimum atomic E-state index is 0.401. The van der Waals surface area contributed by atoms with E-state index in [1.165, 1.54) is 16.0 Å². The van der Waals surface area contributed by atoms with Crippen molar-refractivity contribution in [1.29, 1.82) is 0 Å². The summed E-state index contributed by atoms with van der Waals surface area (Å²) in [6.07, 6.45) is 2.21. The average molecular weight is 241 g/mol. The Morgan fingerprint density at radius 1 is 1.12 bits per heavy atom. The number of benzene rings is 1. The highest BCUT2D eigenvalue weighted by atomic mass is 32.1. The van der Waals surface area contributed by atoms with E-state index in [9.17, 15) is 0 Å². The van der Waals surface area contributed by atoms with Crippen molar-refractivity contribution in [3.63, 3.8) is 0 Å². The van der Waals surface area contributed by atoms with Crippen molar-refractivity contribution >= 4 is 17.0 Å². The van der Waals surface area contributed by atoms with Crippen molar-refractivity contribution in [2.75, 3.05) is 0 Å². The van der Waals surface area contributed by atoms with Gasteiger partial charge in [-0.3, -0.25) is 0 Å². The molecule has 0 saturated heterocycles. The molecule has 0 radical (unpaired) electrons. The van der Waals surface area contributed by atoms with Crippen LogP contribution in [0, 0.1) is 0 Å². The van der Waals surface area contributed by atoms with Crippen LogP contribution < -0.4 is 5.73 Å². The zero-order chi connectivity index (χ0) is 11.8. The Kier molecular flexibility index (Phi) is 2.52. The van der Waals surface area contributed by atoms with Gasteiger partial charge < -0.3 is 5.73 Å². The smallest absolute Gasteiger partial charge is 0.0531 e. The molecule has 0 amide bonds. The number of rotatable bonds is 1. The maximum Gasteiger partial charge on any atom is 0.0531 e. The van der Waals surface area contributed by atoms with Crippen LogP contribution in [0.2, 0.25) is 0 Å². The van der Waals surface area contributed by atoms with Gasteiger partial charge in [0.2, 0.25) is 0 Å². The molecule has 2 unspecified atom stereocenters. The van der Waals surface area contributed by atoms with E-state index in [0.29, 0.717) is 11.8 Å². The molecule has 2 N–H and O–H groups in total. The van der Waals surface area contributed by atoms with Crippen molar-refractivity contribution in [3.8, 4) is 0 Å². The van der Waals surface area contributed by atoms with Crippen LogP contribution in [0.3, 0.4) is 0 Å². The Morgan fingerprint density at radius 3 is 2.65 bits per heavy atom. The number of allylic oxidation sites excluding steroid dienone is 1. The van der Waals surface area contributed by atoms with Crippen LogP contribution in [0.25, 0.3) is 5.70 Å². The maximum atomic E-state index is 6.15. The summed E-state index contributed by atoms with van der Waals surface area (Å²) in [7, 11) is 0. The minimum Gasteiger partial charge on any atom is -0.398 e. The number of hydrogen-bond donors (Lipinski definition) is 1. The molecule has 0 spiro atoms. The second-order valence-electron chi connectivity index (χ2n) is 4.55. The number of nitrogens with two attached hydrogens (primary N) is 1. The van der Waals surface area contributed by atoms with Crippen LogP contribution in [0.15, 0.2) is 47.9 Å². The molecule has 1 aromatic carbocycles. The lowest BCUT2D eigenvalue weighted by Crippen LogP contribution is -2.14. The van der Waals surface area contributed by atoms with Crippen LogP contribution in [0.4, 0.5) is 0 Å². The van der Waals surface area contributed by atoms with Crippen molar-refractivity contribution in [1.82, 2.24) is 0 Å². The van der Waals surface area contributed by atoms with E-state index in [-0.39, 0.29) is 0 Å². The van der Waals surface area contributed by atoms with Crippen molar-refractivity contribution < 1.29 is 0 Å². The first-order chi connectivity index (χ1) is 8.27. The molecule has 2 heteroatoms. The summed E-state index contributed by atoms with van der Waals surface area (Å²) in [5, 5.41) is 2.13. The van der Waals surface area contributed by atoms with Gasteiger partial charge in [0.1, 0.15) is 0 Å². The summed E-state index contributed by atoms with van der Waals surface area (Å²) in [6.45, 7) is 2.28. The van der Waals surface area contributed by atoms with Gasteiger partial charge in [-0.05, 0) is 28.5 Å². The predicted molar refractivity (Wildman–Crippen MR) is 74.1 cm³/mol. The fourth-order valence-corrected chi connectivity index (χ4v) is 3.52. The third kappa shape index (κ3) is 1.69. The van der Waals surface area contributed by atoms with Crippen molar-refractivity contribution in [2.45, 2.75) is 18.8 Å². The predicted octanol–water partition coefficient (Wildman–Crippen LogP) is 3.95. The van der Waals surface area contributed by atoms with E-state index in [0.717, 1.165) is 5.70 Å². The van der Waals surface area contributed by atoms with Gasteiger partial charge in [-0.25, -0.2) is 0 Å². The molecular formula is C15H15NS. The number of hydrogen-bond acceptors (Lipinski definition) is 2. The van der Waals surface area contributed by atoms with Gasteiger partial charge in [0.15, 0.2) is 0 Å². The lowest BCUT2D eigenvalue weighted by Gasteiger charge is -2.27. The summed E-state index contributed by atoms with van der Waals surface area (Å²) in [5.41, 5.74) is 9.82. The molecule has 0 bridgehead atoms. The highest BCUT2D eigenvalue weighted by molar-refractivity contribution is 7.11. The molecule has 0 saturated carbocycles. The summed E-state index contributed by atoms with van der Waals surface area (Å²) in [6, 6.07) is 12.8. The van der Waals surface area contributed by atoms with Crippen molar-refractivity contribution in [3.05, 3.63) is 63.9 Å². The highest BCUT2D eigenvalue weighted by Crippen LogP contribution is 2.43. The molecular weight excluding hydrogens is 226 g/mol. The first kappa shape index (κ1) is 10.6. The zero-order valence-corrected chi connectivity index (χ0v) is 10.6. The first-order valence-electron chi connectivity index (χ1n) is 5.87. The fourth-order valence-electron chi connectivity index (χ4n) is 2.58. The van der Waals surface area contributed by atoms with Crippen molar-refractivity contribution in [2.24, 2.45) is 5.73 Å². The first-order valence-corrected chi connectivity index (χ1v) is 6.75. The van der Waals surface area contributed by atoms with E-state index in [1.807, 2.05) is 0 Å². The lowest BCUT2D eigenvalue weighted by molar-refractivity contribution is 0.669. The van der Waals surface area contributed by atoms with Crippen LogP contribution in [0.1, 0.15) is 34.8 Å². The molecule has 1 aliphatic carbocycles. The van der Waals surface area contributed by atoms with E-state index >= 15 is 0 Å². The fraction of sp³-hybridized carbons (Fsp3) is 0.200. The van der Waals surface area contributed by atoms with Gasteiger partial charge in [-0.2, -0.15) is 0 Å². The average Bonchev–Trinajstić information content (AvgIpc) is 2.85. The Hall–Kier alpha value is -1.54. The molecule has 2 atom stereocenters. The normalized spacial score (nSPS) is 23.0. The molecule has 3 rings (SSSR count). The standard InChI is InChI=1S/C15H15NS/c1-10-12-7-8-17-15(12)14(16)9-13(10)11-5-3-2-4-6-11/h2-10,13H,16H2,1H3. The topological polar surface area (TPSA) is 26.0 Å². The third-order valence-electron chi connectivity index (χ3n) is 3.53. The van der Waals surface area contributed by atoms with E-state index < -0.39 is 0 Å². The SMILES string of the molecule is CC1c2ccsc2C(N)=CC1c1ccccc1. The van der Waals surface area contributed by atoms with E-state index in [1.54, 1.807) is 11.3 Å². The maximum absolute atomic E-state index is 6.15. The molecule has 1 heterocycles. The second-order valence-corrected chi connectivity index (χ2v) is 5.47. The van der Waals surface area contributed by atoms with Crippen LogP contribution in [0.5, 0.6) is 0 Å². The van der Waals surface area contributed by atoms with E-state index in [2.05, 4.69) is 54.8 Å². The minimum absolute atomic E-state index is 0.401. The molecule has 0 fully saturated rings. The molecule has 17 heavy (non-hydrogen) atoms. The molecule has 1 aliphatic rings. The quantitative estimate of drug-likeness (QED) is 0.803. The molecule has 1 aromatic heterocycles. The second kappa shape index (κ2) is 4.04. The van der Waals surface area contributed by atoms with E-state index in [4.69, 9.17) is 5.73 Å². The van der Waals surface area contributed by atoms with Crippen LogP contribution in [-0.2, 0) is 0 Å². The Morgan fingerprint density at radius 2 is 1.88 bits per heavy atom. The summed E-state index contributed by atoms with van der Waals surface area (Å²) in [5.74, 6) is 0.907. The van der Waals surface area contributed by atoms with Crippen LogP contribution in [-0.4, -0.2) is 0 Å². The van der Waals surface area contributed by atoms with Gasteiger partial charge in [0, 0.05) is 11.6 Å². The summed E-state index contributed by atoms with van der Waals surface area (Å²) < 4.78 is 0. The lowest BCUT2D eigenvalue weighted by atomic mass is 9.79. The van der Waals surface area contributed by atoms with Crippen LogP contribution >= 0.6 is 11.3 Å². The van der Waals surface area contributed by atoms with Gasteiger partial charge in [-0.15, -0.1) is 11.3 Å². The Bertz CT molecular complexity index is 553. The monoisotopic (exact) mass is 241 g/mol. The zero-order valence-electron chi connectivity index (χ0n) is 9.76. The number of fused-ring (bicyclic) bond motifs is 1. The molecule has 86 valence electrons. The largest absolute Gasteiger partial charge is 0.398 e. The third-order valence-corrected chi connectivity index (χ3v) is 4.51. The molecule has 1 nitrogen and oxygen atoms in total. The van der Waals surface area contributed by atoms with Gasteiger partial charge in [0.05, 0.1) is 4.88 Å². The van der Waals surface area contributed by atoms with Gasteiger partial charge in [-0.1, -0.05) is 43.3 Å². The Balaban J connectivity index is 2.08. The Labute approximate surface area is 106 Å². The summed E-state index contributed by atoms with van der Waals surface area (Å²) in [4.78, 5) is 1.25. The highest BCUT2D eigenvalue weighted by Gasteiger charge is 2.27. The summed E-state index contributed by atoms with van der Waals surface area (Å²) >= 11 is 1.74. The van der Waals surface area contributed by atoms with Gasteiger partial charge in [0.25, 0.3) is 0 Å². The van der Waals surface area contributed by atoms with Gasteiger partial charge >= 0.3 is 0 Å². The number of thiophene rings is 1.